The third-order valence-electron chi connectivity index (χ3n) is 2.57. The average Bonchev–Trinajstić information content (AvgIpc) is 2.25. The van der Waals surface area contributed by atoms with Crippen LogP contribution in [-0.2, 0) is 10.0 Å². The van der Waals surface area contributed by atoms with E-state index in [1.807, 2.05) is 20.1 Å². The highest BCUT2D eigenvalue weighted by Gasteiger charge is 2.24. The summed E-state index contributed by atoms with van der Waals surface area (Å²) in [4.78, 5) is 0. The molecule has 1 unspecified atom stereocenters. The number of rotatable bonds is 9. The minimum atomic E-state index is -3.11. The summed E-state index contributed by atoms with van der Waals surface area (Å²) in [6.07, 6.45) is 2.86. The van der Waals surface area contributed by atoms with Crippen LogP contribution in [0.4, 0.5) is 0 Å². The van der Waals surface area contributed by atoms with Gasteiger partial charge in [0.05, 0.1) is 5.75 Å². The monoisotopic (exact) mass is 268 g/mol. The molecule has 0 heterocycles. The smallest absolute Gasteiger partial charge is 0.215 e. The van der Waals surface area contributed by atoms with Crippen molar-refractivity contribution in [2.75, 3.05) is 37.9 Å². The molecule has 1 atom stereocenters. The first-order chi connectivity index (χ1) is 7.49. The second-order valence-corrected chi connectivity index (χ2v) is 6.76. The van der Waals surface area contributed by atoms with Gasteiger partial charge in [-0.1, -0.05) is 13.8 Å². The van der Waals surface area contributed by atoms with Crippen LogP contribution in [0.2, 0.25) is 0 Å². The van der Waals surface area contributed by atoms with E-state index >= 15 is 0 Å². The summed E-state index contributed by atoms with van der Waals surface area (Å²) in [6.45, 7) is 5.33. The summed E-state index contributed by atoms with van der Waals surface area (Å²) in [5.74, 6) is 1.04. The number of hydrogen-bond donors (Lipinski definition) is 1. The molecule has 1 N–H and O–H groups in total. The van der Waals surface area contributed by atoms with Gasteiger partial charge in [-0.15, -0.1) is 0 Å². The lowest BCUT2D eigenvalue weighted by Crippen LogP contribution is -2.41. The van der Waals surface area contributed by atoms with E-state index in [1.54, 1.807) is 18.8 Å². The number of nitrogens with one attached hydrogen (secondary N) is 1. The highest BCUT2D eigenvalue weighted by Crippen LogP contribution is 2.12. The van der Waals surface area contributed by atoms with Crippen LogP contribution in [0.15, 0.2) is 0 Å². The lowest BCUT2D eigenvalue weighted by Gasteiger charge is -2.26. The van der Waals surface area contributed by atoms with E-state index in [4.69, 9.17) is 0 Å². The van der Waals surface area contributed by atoms with Crippen LogP contribution in [0.25, 0.3) is 0 Å². The fraction of sp³-hybridized carbons (Fsp3) is 1.00. The maximum absolute atomic E-state index is 12.0. The third-order valence-corrected chi connectivity index (χ3v) is 5.18. The van der Waals surface area contributed by atoms with Gasteiger partial charge in [-0.3, -0.25) is 0 Å². The van der Waals surface area contributed by atoms with E-state index in [9.17, 15) is 8.42 Å². The molecule has 6 heteroatoms. The largest absolute Gasteiger partial charge is 0.316 e. The van der Waals surface area contributed by atoms with Crippen molar-refractivity contribution in [1.82, 2.24) is 9.62 Å². The van der Waals surface area contributed by atoms with Gasteiger partial charge in [0.25, 0.3) is 0 Å². The summed E-state index contributed by atoms with van der Waals surface area (Å²) < 4.78 is 25.4. The molecule has 0 rings (SSSR count). The van der Waals surface area contributed by atoms with Gasteiger partial charge in [-0.25, -0.2) is 12.7 Å². The summed E-state index contributed by atoms with van der Waals surface area (Å²) >= 11 is 1.69. The Morgan fingerprint density at radius 2 is 2.00 bits per heavy atom. The van der Waals surface area contributed by atoms with Crippen molar-refractivity contribution in [1.29, 1.82) is 0 Å². The average molecular weight is 268 g/mol. The van der Waals surface area contributed by atoms with Crippen LogP contribution in [0.3, 0.4) is 0 Å². The van der Waals surface area contributed by atoms with Crippen LogP contribution in [0.1, 0.15) is 20.3 Å². The molecule has 0 aromatic heterocycles. The highest BCUT2D eigenvalue weighted by atomic mass is 32.2. The Bertz CT molecular complexity index is 268. The summed E-state index contributed by atoms with van der Waals surface area (Å²) in [5, 5.41) is 3.04. The molecule has 0 aliphatic rings. The number of sulfonamides is 1. The first-order valence-corrected chi connectivity index (χ1v) is 8.65. The van der Waals surface area contributed by atoms with Gasteiger partial charge in [0, 0.05) is 25.4 Å². The fourth-order valence-corrected chi connectivity index (χ4v) is 3.73. The van der Waals surface area contributed by atoms with Crippen LogP contribution in [0.5, 0.6) is 0 Å². The number of hydrogen-bond acceptors (Lipinski definition) is 4. The van der Waals surface area contributed by atoms with E-state index in [2.05, 4.69) is 5.32 Å². The fourth-order valence-electron chi connectivity index (χ4n) is 1.42. The van der Waals surface area contributed by atoms with E-state index in [1.165, 1.54) is 4.31 Å². The van der Waals surface area contributed by atoms with Crippen molar-refractivity contribution >= 4 is 21.8 Å². The molecule has 4 nitrogen and oxygen atoms in total. The van der Waals surface area contributed by atoms with Crippen molar-refractivity contribution in [3.8, 4) is 0 Å². The predicted molar refractivity (Wildman–Crippen MR) is 72.6 cm³/mol. The van der Waals surface area contributed by atoms with Gasteiger partial charge < -0.3 is 5.32 Å². The molecule has 0 saturated heterocycles. The van der Waals surface area contributed by atoms with Gasteiger partial charge in [-0.05, 0) is 19.2 Å². The van der Waals surface area contributed by atoms with Crippen molar-refractivity contribution in [2.45, 2.75) is 26.3 Å². The summed E-state index contributed by atoms with van der Waals surface area (Å²) in [6, 6.07) is 0.113. The van der Waals surface area contributed by atoms with Crippen molar-refractivity contribution in [3.63, 3.8) is 0 Å². The Hall–Kier alpha value is 0.220. The van der Waals surface area contributed by atoms with Crippen molar-refractivity contribution in [2.24, 2.45) is 0 Å². The first kappa shape index (κ1) is 16.2. The molecule has 0 saturated carbocycles. The minimum absolute atomic E-state index is 0.113. The maximum Gasteiger partial charge on any atom is 0.215 e. The molecule has 16 heavy (non-hydrogen) atoms. The second kappa shape index (κ2) is 8.33. The molecule has 98 valence electrons. The molecular weight excluding hydrogens is 244 g/mol. The second-order valence-electron chi connectivity index (χ2n) is 3.70. The van der Waals surface area contributed by atoms with E-state index in [0.717, 1.165) is 18.7 Å². The van der Waals surface area contributed by atoms with Gasteiger partial charge >= 0.3 is 0 Å². The molecule has 0 spiro atoms. The third kappa shape index (κ3) is 5.52. The normalized spacial score (nSPS) is 14.3. The van der Waals surface area contributed by atoms with Crippen molar-refractivity contribution in [3.05, 3.63) is 0 Å². The summed E-state index contributed by atoms with van der Waals surface area (Å²) in [7, 11) is -1.42. The maximum atomic E-state index is 12.0. The molecule has 0 fully saturated rings. The SMILES string of the molecule is CCNCCS(=O)(=O)N(C)C(CC)CSC. The van der Waals surface area contributed by atoms with Gasteiger partial charge in [-0.2, -0.15) is 11.8 Å². The van der Waals surface area contributed by atoms with E-state index in [0.29, 0.717) is 6.54 Å². The molecule has 0 aromatic rings. The van der Waals surface area contributed by atoms with Gasteiger partial charge in [0.15, 0.2) is 0 Å². The zero-order valence-electron chi connectivity index (χ0n) is 10.7. The zero-order valence-corrected chi connectivity index (χ0v) is 12.3. The topological polar surface area (TPSA) is 49.4 Å². The van der Waals surface area contributed by atoms with Crippen molar-refractivity contribution < 1.29 is 8.42 Å². The lowest BCUT2D eigenvalue weighted by molar-refractivity contribution is 0.385. The van der Waals surface area contributed by atoms with Crippen LogP contribution < -0.4 is 5.32 Å². The lowest BCUT2D eigenvalue weighted by atomic mass is 10.3. The molecule has 0 aliphatic heterocycles. The molecule has 0 aliphatic carbocycles. The Balaban J connectivity index is 4.36. The van der Waals surface area contributed by atoms with E-state index in [-0.39, 0.29) is 11.8 Å². The van der Waals surface area contributed by atoms with Gasteiger partial charge in [0.1, 0.15) is 0 Å². The van der Waals surface area contributed by atoms with Gasteiger partial charge in [0.2, 0.25) is 10.0 Å². The minimum Gasteiger partial charge on any atom is -0.316 e. The Morgan fingerprint density at radius 1 is 1.38 bits per heavy atom. The van der Waals surface area contributed by atoms with E-state index < -0.39 is 10.0 Å². The molecule has 0 radical (unpaired) electrons. The molecule has 0 aromatic carbocycles. The summed E-state index contributed by atoms with van der Waals surface area (Å²) in [5.41, 5.74) is 0. The molecule has 0 bridgehead atoms. The highest BCUT2D eigenvalue weighted by molar-refractivity contribution is 7.98. The predicted octanol–water partition coefficient (Wildman–Crippen LogP) is 0.999. The Kier molecular flexibility index (Phi) is 8.45. The zero-order chi connectivity index (χ0) is 12.6. The number of thioether (sulfide) groups is 1. The van der Waals surface area contributed by atoms with Crippen LogP contribution in [-0.4, -0.2) is 56.7 Å². The Labute approximate surface area is 104 Å². The quantitative estimate of drug-likeness (QED) is 0.634. The number of nitrogens with zero attached hydrogens (tertiary/aromatic N) is 1. The standard InChI is InChI=1S/C10H24N2O2S2/c1-5-10(9-15-4)12(3)16(13,14)8-7-11-6-2/h10-11H,5-9H2,1-4H3. The van der Waals surface area contributed by atoms with Crippen LogP contribution >= 0.6 is 11.8 Å². The molecular formula is C10H24N2O2S2. The molecule has 0 amide bonds. The first-order valence-electron chi connectivity index (χ1n) is 5.64. The van der Waals surface area contributed by atoms with Crippen LogP contribution in [0, 0.1) is 0 Å². The Morgan fingerprint density at radius 3 is 2.44 bits per heavy atom.